The fourth-order valence-corrected chi connectivity index (χ4v) is 2.07. The normalized spacial score (nSPS) is 16.6. The topological polar surface area (TPSA) is 71.9 Å². The van der Waals surface area contributed by atoms with E-state index < -0.39 is 6.10 Å². The Hall–Kier alpha value is -1.21. The van der Waals surface area contributed by atoms with Crippen LogP contribution < -0.4 is 5.32 Å². The molecule has 0 aromatic carbocycles. The highest BCUT2D eigenvalue weighted by Gasteiger charge is 2.27. The minimum Gasteiger partial charge on any atom is -0.372 e. The van der Waals surface area contributed by atoms with E-state index in [1.54, 1.807) is 6.92 Å². The quantitative estimate of drug-likeness (QED) is 0.756. The van der Waals surface area contributed by atoms with E-state index in [2.05, 4.69) is 20.1 Å². The Kier molecular flexibility index (Phi) is 4.13. The second-order valence-corrected chi connectivity index (χ2v) is 4.85. The molecule has 0 radical (unpaired) electrons. The highest BCUT2D eigenvalue weighted by Crippen LogP contribution is 2.35. The molecule has 2 N–H and O–H groups in total. The van der Waals surface area contributed by atoms with Crippen molar-refractivity contribution < 1.29 is 9.53 Å². The molecule has 0 spiro atoms. The van der Waals surface area contributed by atoms with E-state index in [0.29, 0.717) is 23.8 Å². The van der Waals surface area contributed by atoms with Crippen molar-refractivity contribution in [2.24, 2.45) is 0 Å². The molecule has 1 aliphatic carbocycles. The number of carbonyl (C=O) groups is 1. The molecule has 0 saturated heterocycles. The van der Waals surface area contributed by atoms with Crippen molar-refractivity contribution in [3.05, 3.63) is 10.6 Å². The van der Waals surface area contributed by atoms with Crippen molar-refractivity contribution in [3.8, 4) is 0 Å². The van der Waals surface area contributed by atoms with Gasteiger partial charge in [-0.05, 0) is 32.0 Å². The molecule has 1 aromatic heterocycles. The third-order valence-corrected chi connectivity index (χ3v) is 3.35. The summed E-state index contributed by atoms with van der Waals surface area (Å²) in [5.41, 5.74) is 0. The van der Waals surface area contributed by atoms with Gasteiger partial charge in [0.1, 0.15) is 11.9 Å². The largest absolute Gasteiger partial charge is 0.372 e. The summed E-state index contributed by atoms with van der Waals surface area (Å²) in [5, 5.41) is 9.82. The molecule has 0 aliphatic heterocycles. The zero-order chi connectivity index (χ0) is 13.1. The molecule has 18 heavy (non-hydrogen) atoms. The highest BCUT2D eigenvalue weighted by atomic mass is 32.1. The maximum absolute atomic E-state index is 11.5. The molecule has 1 aliphatic rings. The lowest BCUT2D eigenvalue weighted by molar-refractivity contribution is -0.129. The van der Waals surface area contributed by atoms with Crippen molar-refractivity contribution in [2.45, 2.75) is 38.3 Å². The monoisotopic (exact) mass is 270 g/mol. The molecule has 2 rings (SSSR count). The van der Waals surface area contributed by atoms with E-state index in [-0.39, 0.29) is 5.91 Å². The molecule has 100 valence electrons. The highest BCUT2D eigenvalue weighted by molar-refractivity contribution is 7.71. The fraction of sp³-hybridized carbons (Fsp3) is 0.727. The molecule has 1 aromatic rings. The zero-order valence-electron chi connectivity index (χ0n) is 10.6. The number of hydrogen-bond donors (Lipinski definition) is 2. The second-order valence-electron chi connectivity index (χ2n) is 4.47. The van der Waals surface area contributed by atoms with Gasteiger partial charge >= 0.3 is 0 Å². The van der Waals surface area contributed by atoms with Crippen LogP contribution in [-0.4, -0.2) is 40.4 Å². The van der Waals surface area contributed by atoms with Gasteiger partial charge < -0.3 is 14.6 Å². The van der Waals surface area contributed by atoms with Crippen LogP contribution in [0.3, 0.4) is 0 Å². The molecular formula is C11H18N4O2S. The number of H-pyrrole nitrogens is 1. The predicted molar refractivity (Wildman–Crippen MR) is 68.9 cm³/mol. The number of nitrogens with one attached hydrogen (secondary N) is 2. The van der Waals surface area contributed by atoms with Gasteiger partial charge in [-0.25, -0.2) is 0 Å². The summed E-state index contributed by atoms with van der Waals surface area (Å²) in [6.45, 7) is 2.26. The minimum absolute atomic E-state index is 0.107. The summed E-state index contributed by atoms with van der Waals surface area (Å²) in [5.74, 6) is 0.803. The Labute approximate surface area is 111 Å². The van der Waals surface area contributed by atoms with Crippen LogP contribution >= 0.6 is 12.2 Å². The third-order valence-electron chi connectivity index (χ3n) is 3.06. The van der Waals surface area contributed by atoms with Crippen LogP contribution in [0, 0.1) is 4.77 Å². The zero-order valence-corrected chi connectivity index (χ0v) is 11.4. The fourth-order valence-electron chi connectivity index (χ4n) is 1.77. The van der Waals surface area contributed by atoms with E-state index in [1.807, 2.05) is 0 Å². The standard InChI is InChI=1S/C11H18N4O2S/c1-7(17-2)10(16)12-6-5-9-13-14-11(18)15(9)8-3-4-8/h7-8H,3-6H2,1-2H3,(H,12,16)(H,14,18)/t7-/m0/s1. The summed E-state index contributed by atoms with van der Waals surface area (Å²) in [4.78, 5) is 11.5. The molecule has 1 heterocycles. The van der Waals surface area contributed by atoms with Gasteiger partial charge in [0.15, 0.2) is 4.77 Å². The maximum atomic E-state index is 11.5. The number of methoxy groups -OCH3 is 1. The SMILES string of the molecule is CO[C@@H](C)C(=O)NCCc1n[nH]c(=S)n1C1CC1. The molecule has 1 atom stereocenters. The van der Waals surface area contributed by atoms with Crippen LogP contribution in [0.4, 0.5) is 0 Å². The number of aromatic amines is 1. The van der Waals surface area contributed by atoms with Crippen LogP contribution in [-0.2, 0) is 16.0 Å². The molecule has 1 saturated carbocycles. The molecule has 7 heteroatoms. The van der Waals surface area contributed by atoms with Crippen LogP contribution in [0.25, 0.3) is 0 Å². The second kappa shape index (κ2) is 5.62. The molecule has 6 nitrogen and oxygen atoms in total. The van der Waals surface area contributed by atoms with Gasteiger partial charge in [-0.2, -0.15) is 5.10 Å². The van der Waals surface area contributed by atoms with Crippen LogP contribution in [0.2, 0.25) is 0 Å². The maximum Gasteiger partial charge on any atom is 0.248 e. The summed E-state index contributed by atoms with van der Waals surface area (Å²) in [6.07, 6.45) is 2.57. The number of hydrogen-bond acceptors (Lipinski definition) is 4. The Morgan fingerprint density at radius 3 is 3.06 bits per heavy atom. The first-order chi connectivity index (χ1) is 8.63. The van der Waals surface area contributed by atoms with Crippen molar-refractivity contribution in [3.63, 3.8) is 0 Å². The van der Waals surface area contributed by atoms with E-state index in [1.165, 1.54) is 7.11 Å². The van der Waals surface area contributed by atoms with E-state index >= 15 is 0 Å². The van der Waals surface area contributed by atoms with Crippen LogP contribution in [0.5, 0.6) is 0 Å². The summed E-state index contributed by atoms with van der Waals surface area (Å²) in [7, 11) is 1.52. The number of carbonyl (C=O) groups excluding carboxylic acids is 1. The Balaban J connectivity index is 1.87. The third kappa shape index (κ3) is 2.97. The van der Waals surface area contributed by atoms with Gasteiger partial charge in [-0.15, -0.1) is 0 Å². The lowest BCUT2D eigenvalue weighted by Gasteiger charge is -2.10. The van der Waals surface area contributed by atoms with Gasteiger partial charge in [0, 0.05) is 26.1 Å². The van der Waals surface area contributed by atoms with Gasteiger partial charge in [0.05, 0.1) is 0 Å². The number of nitrogens with zero attached hydrogens (tertiary/aromatic N) is 2. The first kappa shape index (κ1) is 13.2. The number of amides is 1. The van der Waals surface area contributed by atoms with E-state index in [4.69, 9.17) is 17.0 Å². The Morgan fingerprint density at radius 1 is 1.72 bits per heavy atom. The summed E-state index contributed by atoms with van der Waals surface area (Å²) < 4.78 is 7.66. The average molecular weight is 270 g/mol. The van der Waals surface area contributed by atoms with Gasteiger partial charge in [0.2, 0.25) is 5.91 Å². The summed E-state index contributed by atoms with van der Waals surface area (Å²) in [6, 6.07) is 0.500. The van der Waals surface area contributed by atoms with E-state index in [0.717, 1.165) is 18.7 Å². The van der Waals surface area contributed by atoms with Crippen LogP contribution in [0.15, 0.2) is 0 Å². The summed E-state index contributed by atoms with van der Waals surface area (Å²) >= 11 is 5.19. The van der Waals surface area contributed by atoms with Crippen molar-refractivity contribution in [1.82, 2.24) is 20.1 Å². The molecule has 1 fully saturated rings. The average Bonchev–Trinajstić information content (AvgIpc) is 3.13. The van der Waals surface area contributed by atoms with Crippen LogP contribution in [0.1, 0.15) is 31.6 Å². The predicted octanol–water partition coefficient (Wildman–Crippen LogP) is 0.969. The number of ether oxygens (including phenoxy) is 1. The minimum atomic E-state index is -0.422. The van der Waals surface area contributed by atoms with Gasteiger partial charge in [-0.1, -0.05) is 0 Å². The van der Waals surface area contributed by atoms with E-state index in [9.17, 15) is 4.79 Å². The first-order valence-electron chi connectivity index (χ1n) is 6.09. The molecular weight excluding hydrogens is 252 g/mol. The Bertz CT molecular complexity index is 478. The molecule has 0 unspecified atom stereocenters. The van der Waals surface area contributed by atoms with Gasteiger partial charge in [-0.3, -0.25) is 9.89 Å². The van der Waals surface area contributed by atoms with Crippen molar-refractivity contribution in [2.75, 3.05) is 13.7 Å². The number of rotatable bonds is 6. The first-order valence-corrected chi connectivity index (χ1v) is 6.50. The smallest absolute Gasteiger partial charge is 0.248 e. The number of aromatic nitrogens is 3. The lowest BCUT2D eigenvalue weighted by atomic mass is 10.3. The molecule has 1 amide bonds. The lowest BCUT2D eigenvalue weighted by Crippen LogP contribution is -2.35. The Morgan fingerprint density at radius 2 is 2.44 bits per heavy atom. The van der Waals surface area contributed by atoms with Gasteiger partial charge in [0.25, 0.3) is 0 Å². The van der Waals surface area contributed by atoms with Crippen molar-refractivity contribution >= 4 is 18.1 Å². The molecule has 0 bridgehead atoms. The van der Waals surface area contributed by atoms with Crippen molar-refractivity contribution in [1.29, 1.82) is 0 Å².